The van der Waals surface area contributed by atoms with Gasteiger partial charge in [0.25, 0.3) is 5.91 Å². The molecule has 0 spiro atoms. The lowest BCUT2D eigenvalue weighted by Gasteiger charge is -2.17. The number of rotatable bonds is 11. The molecular weight excluding hydrogens is 513 g/mol. The van der Waals surface area contributed by atoms with Crippen LogP contribution in [0.3, 0.4) is 0 Å². The quantitative estimate of drug-likeness (QED) is 0.251. The van der Waals surface area contributed by atoms with E-state index in [9.17, 15) is 14.7 Å². The summed E-state index contributed by atoms with van der Waals surface area (Å²) in [6.07, 6.45) is 1.63. The fraction of sp³-hybridized carbons (Fsp3) is 0.217. The molecular formula is C23H23Cl2N5O4S. The highest BCUT2D eigenvalue weighted by Gasteiger charge is 2.23. The second-order valence-electron chi connectivity index (χ2n) is 7.12. The first kappa shape index (κ1) is 26.6. The van der Waals surface area contributed by atoms with Crippen LogP contribution < -0.4 is 15.4 Å². The number of ether oxygens (including phenoxy) is 1. The lowest BCUT2D eigenvalue weighted by molar-refractivity contribution is -0.113. The lowest BCUT2D eigenvalue weighted by atomic mass is 10.2. The maximum absolute atomic E-state index is 12.7. The molecule has 3 N–H and O–H groups in total. The molecule has 3 aromatic rings. The molecule has 0 aliphatic heterocycles. The number of hydrogen-bond acceptors (Lipinski definition) is 7. The molecule has 9 nitrogen and oxygen atoms in total. The first-order valence-corrected chi connectivity index (χ1v) is 12.1. The van der Waals surface area contributed by atoms with E-state index in [0.29, 0.717) is 39.5 Å². The predicted octanol–water partition coefficient (Wildman–Crippen LogP) is 3.97. The Balaban J connectivity index is 1.71. The van der Waals surface area contributed by atoms with Crippen molar-refractivity contribution in [1.82, 2.24) is 20.1 Å². The van der Waals surface area contributed by atoms with Gasteiger partial charge in [0.15, 0.2) is 11.0 Å². The molecule has 2 aromatic carbocycles. The number of aliphatic hydroxyl groups excluding tert-OH is 1. The molecule has 1 heterocycles. The van der Waals surface area contributed by atoms with Crippen LogP contribution in [-0.2, 0) is 11.3 Å². The van der Waals surface area contributed by atoms with Gasteiger partial charge in [-0.1, -0.05) is 47.1 Å². The lowest BCUT2D eigenvalue weighted by Crippen LogP contribution is -2.33. The molecule has 0 aliphatic carbocycles. The van der Waals surface area contributed by atoms with Crippen molar-refractivity contribution in [3.05, 3.63) is 76.6 Å². The number of aromatic nitrogens is 3. The number of aliphatic hydroxyl groups is 1. The molecule has 12 heteroatoms. The topological polar surface area (TPSA) is 118 Å². The van der Waals surface area contributed by atoms with Gasteiger partial charge in [0, 0.05) is 12.1 Å². The SMILES string of the molecule is C=CCn1c(SCC(=O)Nc2cccc(Cl)c2Cl)nnc1C(CO)NC(=O)c1ccc(OC)cc1. The summed E-state index contributed by atoms with van der Waals surface area (Å²) in [4.78, 5) is 25.1. The third-order valence-electron chi connectivity index (χ3n) is 4.77. The van der Waals surface area contributed by atoms with E-state index in [0.717, 1.165) is 11.8 Å². The third-order valence-corrected chi connectivity index (χ3v) is 6.55. The van der Waals surface area contributed by atoms with Gasteiger partial charge in [0.2, 0.25) is 5.91 Å². The number of amides is 2. The summed E-state index contributed by atoms with van der Waals surface area (Å²) < 4.78 is 6.78. The van der Waals surface area contributed by atoms with E-state index >= 15 is 0 Å². The maximum Gasteiger partial charge on any atom is 0.251 e. The summed E-state index contributed by atoms with van der Waals surface area (Å²) in [5.74, 6) is 0.247. The molecule has 0 aliphatic rings. The molecule has 0 fully saturated rings. The van der Waals surface area contributed by atoms with Crippen LogP contribution in [-0.4, -0.2) is 51.2 Å². The zero-order valence-corrected chi connectivity index (χ0v) is 21.0. The van der Waals surface area contributed by atoms with Crippen molar-refractivity contribution in [2.24, 2.45) is 0 Å². The van der Waals surface area contributed by atoms with Gasteiger partial charge < -0.3 is 25.0 Å². The Kier molecular flexibility index (Phi) is 9.55. The predicted molar refractivity (Wildman–Crippen MR) is 136 cm³/mol. The maximum atomic E-state index is 12.7. The fourth-order valence-corrected chi connectivity index (χ4v) is 4.16. The smallest absolute Gasteiger partial charge is 0.251 e. The van der Waals surface area contributed by atoms with Crippen LogP contribution in [0.5, 0.6) is 5.75 Å². The van der Waals surface area contributed by atoms with Crippen molar-refractivity contribution in [2.45, 2.75) is 17.7 Å². The molecule has 1 atom stereocenters. The number of carbonyl (C=O) groups excluding carboxylic acids is 2. The summed E-state index contributed by atoms with van der Waals surface area (Å²) in [6.45, 7) is 3.64. The average Bonchev–Trinajstić information content (AvgIpc) is 3.26. The highest BCUT2D eigenvalue weighted by Crippen LogP contribution is 2.30. The average molecular weight is 536 g/mol. The number of hydrogen-bond donors (Lipinski definition) is 3. The molecule has 0 saturated carbocycles. The van der Waals surface area contributed by atoms with Gasteiger partial charge in [-0.2, -0.15) is 0 Å². The van der Waals surface area contributed by atoms with Gasteiger partial charge in [-0.3, -0.25) is 9.59 Å². The van der Waals surface area contributed by atoms with E-state index in [4.69, 9.17) is 27.9 Å². The first-order chi connectivity index (χ1) is 16.9. The summed E-state index contributed by atoms with van der Waals surface area (Å²) in [7, 11) is 1.54. The van der Waals surface area contributed by atoms with E-state index in [1.165, 1.54) is 7.11 Å². The number of allylic oxidation sites excluding steroid dienone is 1. The Bertz CT molecular complexity index is 1200. The number of anilines is 1. The monoisotopic (exact) mass is 535 g/mol. The summed E-state index contributed by atoms with van der Waals surface area (Å²) in [5.41, 5.74) is 0.796. The Morgan fingerprint density at radius 1 is 1.23 bits per heavy atom. The summed E-state index contributed by atoms with van der Waals surface area (Å²) in [5, 5.41) is 24.7. The van der Waals surface area contributed by atoms with Crippen molar-refractivity contribution in [3.8, 4) is 5.75 Å². The standard InChI is InChI=1S/C23H23Cl2N5O4S/c1-3-11-30-21(18(12-31)27-22(33)14-7-9-15(34-2)10-8-14)28-29-23(30)35-13-19(32)26-17-6-4-5-16(24)20(17)25/h3-10,18,31H,1,11-13H2,2H3,(H,26,32)(H,27,33). The fourth-order valence-electron chi connectivity index (χ4n) is 3.06. The van der Waals surface area contributed by atoms with Crippen molar-refractivity contribution in [1.29, 1.82) is 0 Å². The van der Waals surface area contributed by atoms with Crippen molar-refractivity contribution in [3.63, 3.8) is 0 Å². The molecule has 184 valence electrons. The Labute approximate surface area is 216 Å². The van der Waals surface area contributed by atoms with Crippen LogP contribution >= 0.6 is 35.0 Å². The van der Waals surface area contributed by atoms with Gasteiger partial charge >= 0.3 is 0 Å². The Morgan fingerprint density at radius 3 is 2.63 bits per heavy atom. The Hall–Kier alpha value is -3.05. The third kappa shape index (κ3) is 6.76. The van der Waals surface area contributed by atoms with Gasteiger partial charge in [0.05, 0.1) is 35.2 Å². The van der Waals surface area contributed by atoms with Crippen molar-refractivity contribution >= 4 is 52.5 Å². The van der Waals surface area contributed by atoms with Crippen molar-refractivity contribution in [2.75, 3.05) is 24.8 Å². The van der Waals surface area contributed by atoms with E-state index in [2.05, 4.69) is 27.4 Å². The number of benzene rings is 2. The number of carbonyl (C=O) groups is 2. The van der Waals surface area contributed by atoms with Gasteiger partial charge in [-0.15, -0.1) is 16.8 Å². The molecule has 35 heavy (non-hydrogen) atoms. The molecule has 0 radical (unpaired) electrons. The minimum absolute atomic E-state index is 0.0140. The van der Waals surface area contributed by atoms with E-state index in [1.807, 2.05) is 0 Å². The number of thioether (sulfide) groups is 1. The number of nitrogens with one attached hydrogen (secondary N) is 2. The highest BCUT2D eigenvalue weighted by molar-refractivity contribution is 7.99. The van der Waals surface area contributed by atoms with E-state index in [-0.39, 0.29) is 16.7 Å². The molecule has 0 saturated heterocycles. The van der Waals surface area contributed by atoms with Crippen LogP contribution in [0.2, 0.25) is 10.0 Å². The van der Waals surface area contributed by atoms with E-state index < -0.39 is 18.6 Å². The van der Waals surface area contributed by atoms with Crippen LogP contribution in [0.25, 0.3) is 0 Å². The van der Waals surface area contributed by atoms with Gasteiger partial charge in [0.1, 0.15) is 11.8 Å². The molecule has 0 bridgehead atoms. The second-order valence-corrected chi connectivity index (χ2v) is 8.84. The van der Waals surface area contributed by atoms with Crippen molar-refractivity contribution < 1.29 is 19.4 Å². The molecule has 1 aromatic heterocycles. The number of methoxy groups -OCH3 is 1. The second kappa shape index (κ2) is 12.6. The van der Waals surface area contributed by atoms with Gasteiger partial charge in [-0.25, -0.2) is 0 Å². The van der Waals surface area contributed by atoms with Crippen LogP contribution in [0.15, 0.2) is 60.3 Å². The zero-order valence-electron chi connectivity index (χ0n) is 18.7. The Morgan fingerprint density at radius 2 is 1.97 bits per heavy atom. The highest BCUT2D eigenvalue weighted by atomic mass is 35.5. The van der Waals surface area contributed by atoms with Crippen LogP contribution in [0.4, 0.5) is 5.69 Å². The molecule has 3 rings (SSSR count). The molecule has 1 unspecified atom stereocenters. The zero-order chi connectivity index (χ0) is 25.4. The number of halogens is 2. The van der Waals surface area contributed by atoms with E-state index in [1.54, 1.807) is 53.1 Å². The minimum atomic E-state index is -0.828. The summed E-state index contributed by atoms with van der Waals surface area (Å²) >= 11 is 13.2. The normalized spacial score (nSPS) is 11.5. The van der Waals surface area contributed by atoms with Gasteiger partial charge in [-0.05, 0) is 36.4 Å². The van der Waals surface area contributed by atoms with Crippen LogP contribution in [0, 0.1) is 0 Å². The summed E-state index contributed by atoms with van der Waals surface area (Å²) in [6, 6.07) is 10.7. The first-order valence-electron chi connectivity index (χ1n) is 10.3. The minimum Gasteiger partial charge on any atom is -0.497 e. The van der Waals surface area contributed by atoms with Crippen LogP contribution in [0.1, 0.15) is 22.2 Å². The molecule has 2 amide bonds. The number of nitrogens with zero attached hydrogens (tertiary/aromatic N) is 3. The largest absolute Gasteiger partial charge is 0.497 e.